The minimum atomic E-state index is -0.568. The Hall–Kier alpha value is -1.29. The van der Waals surface area contributed by atoms with E-state index < -0.39 is 11.6 Å². The van der Waals surface area contributed by atoms with E-state index in [-0.39, 0.29) is 24.4 Å². The van der Waals surface area contributed by atoms with E-state index in [1.54, 1.807) is 6.92 Å². The van der Waals surface area contributed by atoms with E-state index in [0.717, 1.165) is 18.2 Å². The highest BCUT2D eigenvalue weighted by atomic mass is 19.1. The lowest BCUT2D eigenvalue weighted by molar-refractivity contribution is -0.122. The predicted molar refractivity (Wildman–Crippen MR) is 51.6 cm³/mol. The first-order chi connectivity index (χ1) is 7.13. The molecule has 0 aliphatic carbocycles. The number of carbonyl (C=O) groups is 1. The maximum atomic E-state index is 13.1. The molecule has 82 valence electrons. The first-order valence-electron chi connectivity index (χ1n) is 4.67. The highest BCUT2D eigenvalue weighted by molar-refractivity contribution is 5.82. The van der Waals surface area contributed by atoms with Gasteiger partial charge in [-0.1, -0.05) is 0 Å². The average Bonchev–Trinajstić information content (AvgIpc) is 2.20. The Morgan fingerprint density at radius 1 is 1.40 bits per heavy atom. The zero-order valence-corrected chi connectivity index (χ0v) is 8.43. The molecule has 1 rings (SSSR count). The van der Waals surface area contributed by atoms with E-state index in [0.29, 0.717) is 6.61 Å². The smallest absolute Gasteiger partial charge is 0.162 e. The third-order valence-corrected chi connectivity index (χ3v) is 1.86. The van der Waals surface area contributed by atoms with Crippen LogP contribution in [0, 0.1) is 11.6 Å². The van der Waals surface area contributed by atoms with Crippen LogP contribution < -0.4 is 0 Å². The third-order valence-electron chi connectivity index (χ3n) is 1.86. The fourth-order valence-electron chi connectivity index (χ4n) is 1.16. The van der Waals surface area contributed by atoms with Gasteiger partial charge in [0.05, 0.1) is 0 Å². The lowest BCUT2D eigenvalue weighted by Crippen LogP contribution is -2.12. The molecule has 0 aliphatic rings. The summed E-state index contributed by atoms with van der Waals surface area (Å²) in [7, 11) is 0. The molecule has 0 aliphatic heterocycles. The molecule has 1 aromatic carbocycles. The molecular formula is C11H12F2O2. The average molecular weight is 214 g/mol. The molecule has 1 aromatic rings. The van der Waals surface area contributed by atoms with Crippen LogP contribution in [-0.2, 0) is 16.0 Å². The Morgan fingerprint density at radius 3 is 2.80 bits per heavy atom. The first kappa shape index (κ1) is 11.8. The summed E-state index contributed by atoms with van der Waals surface area (Å²) >= 11 is 0. The number of ketones is 1. The Bertz CT molecular complexity index is 350. The zero-order chi connectivity index (χ0) is 11.3. The molecule has 0 saturated heterocycles. The van der Waals surface area contributed by atoms with Crippen LogP contribution in [0.2, 0.25) is 0 Å². The summed E-state index contributed by atoms with van der Waals surface area (Å²) in [6.07, 6.45) is -0.135. The van der Waals surface area contributed by atoms with Gasteiger partial charge in [-0.3, -0.25) is 4.79 Å². The zero-order valence-electron chi connectivity index (χ0n) is 8.43. The fourth-order valence-corrected chi connectivity index (χ4v) is 1.16. The molecule has 2 nitrogen and oxygen atoms in total. The van der Waals surface area contributed by atoms with E-state index in [4.69, 9.17) is 4.74 Å². The molecule has 0 N–H and O–H groups in total. The number of benzene rings is 1. The van der Waals surface area contributed by atoms with E-state index in [1.807, 2.05) is 0 Å². The monoisotopic (exact) mass is 214 g/mol. The Morgan fingerprint density at radius 2 is 2.13 bits per heavy atom. The number of hydrogen-bond acceptors (Lipinski definition) is 2. The van der Waals surface area contributed by atoms with Gasteiger partial charge in [0, 0.05) is 13.0 Å². The summed E-state index contributed by atoms with van der Waals surface area (Å²) in [5.41, 5.74) is 0.0692. The van der Waals surface area contributed by atoms with Gasteiger partial charge < -0.3 is 4.74 Å². The van der Waals surface area contributed by atoms with E-state index in [2.05, 4.69) is 0 Å². The third kappa shape index (κ3) is 3.75. The summed E-state index contributed by atoms with van der Waals surface area (Å²) in [4.78, 5) is 11.2. The summed E-state index contributed by atoms with van der Waals surface area (Å²) < 4.78 is 30.7. The minimum absolute atomic E-state index is 0.0630. The maximum Gasteiger partial charge on any atom is 0.162 e. The predicted octanol–water partition coefficient (Wildman–Crippen LogP) is 2.11. The highest BCUT2D eigenvalue weighted by Gasteiger charge is 2.09. The molecule has 0 bridgehead atoms. The van der Waals surface area contributed by atoms with Crippen LogP contribution in [0.15, 0.2) is 18.2 Å². The number of carbonyl (C=O) groups excluding carboxylic acids is 1. The van der Waals surface area contributed by atoms with Crippen molar-refractivity contribution in [3.63, 3.8) is 0 Å². The summed E-state index contributed by atoms with van der Waals surface area (Å²) in [6.45, 7) is 2.12. The molecule has 0 saturated carbocycles. The second kappa shape index (κ2) is 5.56. The van der Waals surface area contributed by atoms with Crippen molar-refractivity contribution in [3.8, 4) is 0 Å². The number of halogens is 2. The summed E-state index contributed by atoms with van der Waals surface area (Å²) in [6, 6.07) is 3.06. The van der Waals surface area contributed by atoms with Gasteiger partial charge in [-0.2, -0.15) is 0 Å². The minimum Gasteiger partial charge on any atom is -0.374 e. The van der Waals surface area contributed by atoms with Crippen LogP contribution in [0.1, 0.15) is 12.5 Å². The quantitative estimate of drug-likeness (QED) is 0.750. The molecular weight excluding hydrogens is 202 g/mol. The van der Waals surface area contributed by atoms with Crippen molar-refractivity contribution in [1.29, 1.82) is 0 Å². The molecule has 0 atom stereocenters. The van der Waals surface area contributed by atoms with Crippen molar-refractivity contribution < 1.29 is 18.3 Å². The second-order valence-electron chi connectivity index (χ2n) is 3.09. The molecule has 0 spiro atoms. The topological polar surface area (TPSA) is 26.3 Å². The van der Waals surface area contributed by atoms with Gasteiger partial charge in [-0.05, 0) is 30.7 Å². The molecule has 0 amide bonds. The van der Waals surface area contributed by atoms with Crippen LogP contribution in [0.4, 0.5) is 8.78 Å². The van der Waals surface area contributed by atoms with Crippen LogP contribution in [0.3, 0.4) is 0 Å². The van der Waals surface area contributed by atoms with Crippen molar-refractivity contribution >= 4 is 5.78 Å². The highest BCUT2D eigenvalue weighted by Crippen LogP contribution is 2.10. The van der Waals surface area contributed by atoms with Crippen LogP contribution >= 0.6 is 0 Å². The molecule has 0 heterocycles. The van der Waals surface area contributed by atoms with Gasteiger partial charge in [0.15, 0.2) is 5.78 Å². The van der Waals surface area contributed by atoms with Crippen molar-refractivity contribution in [3.05, 3.63) is 35.4 Å². The maximum absolute atomic E-state index is 13.1. The van der Waals surface area contributed by atoms with Gasteiger partial charge in [-0.25, -0.2) is 8.78 Å². The van der Waals surface area contributed by atoms with Gasteiger partial charge in [0.2, 0.25) is 0 Å². The Kier molecular flexibility index (Phi) is 4.37. The number of ether oxygens (including phenoxy) is 1. The van der Waals surface area contributed by atoms with Crippen LogP contribution in [0.5, 0.6) is 0 Å². The van der Waals surface area contributed by atoms with Gasteiger partial charge in [0.25, 0.3) is 0 Å². The molecule has 15 heavy (non-hydrogen) atoms. The Labute approximate surface area is 86.9 Å². The Balaban J connectivity index is 2.63. The van der Waals surface area contributed by atoms with E-state index >= 15 is 0 Å². The van der Waals surface area contributed by atoms with Crippen LogP contribution in [0.25, 0.3) is 0 Å². The number of Topliss-reactive ketones (excluding diaryl/α,β-unsaturated/α-hetero) is 1. The lowest BCUT2D eigenvalue weighted by atomic mass is 10.1. The van der Waals surface area contributed by atoms with Gasteiger partial charge in [-0.15, -0.1) is 0 Å². The second-order valence-corrected chi connectivity index (χ2v) is 3.09. The number of hydrogen-bond donors (Lipinski definition) is 0. The van der Waals surface area contributed by atoms with Crippen molar-refractivity contribution in [1.82, 2.24) is 0 Å². The molecule has 4 heteroatoms. The summed E-state index contributed by atoms with van der Waals surface area (Å²) in [5, 5.41) is 0. The molecule has 0 fully saturated rings. The largest absolute Gasteiger partial charge is 0.374 e. The lowest BCUT2D eigenvalue weighted by Gasteiger charge is -2.03. The standard InChI is InChI=1S/C11H12F2O2/c1-2-15-7-10(14)6-8-5-9(12)3-4-11(8)13/h3-5H,2,6-7H2,1H3. The van der Waals surface area contributed by atoms with E-state index in [9.17, 15) is 13.6 Å². The number of rotatable bonds is 5. The van der Waals surface area contributed by atoms with Crippen LogP contribution in [-0.4, -0.2) is 19.0 Å². The van der Waals surface area contributed by atoms with Crippen molar-refractivity contribution in [2.75, 3.05) is 13.2 Å². The van der Waals surface area contributed by atoms with Gasteiger partial charge >= 0.3 is 0 Å². The molecule has 0 aromatic heterocycles. The molecule has 0 radical (unpaired) electrons. The normalized spacial score (nSPS) is 10.3. The van der Waals surface area contributed by atoms with Crippen molar-refractivity contribution in [2.24, 2.45) is 0 Å². The van der Waals surface area contributed by atoms with E-state index in [1.165, 1.54) is 0 Å². The first-order valence-corrected chi connectivity index (χ1v) is 4.67. The van der Waals surface area contributed by atoms with Crippen molar-refractivity contribution in [2.45, 2.75) is 13.3 Å². The van der Waals surface area contributed by atoms with Gasteiger partial charge in [0.1, 0.15) is 18.2 Å². The fraction of sp³-hybridized carbons (Fsp3) is 0.364. The summed E-state index contributed by atoms with van der Waals surface area (Å²) in [5.74, 6) is -1.38. The SMILES string of the molecule is CCOCC(=O)Cc1cc(F)ccc1F. The molecule has 0 unspecified atom stereocenters.